The molecule has 1 unspecified atom stereocenters. The minimum atomic E-state index is -3.57. The molecule has 0 heterocycles. The Balaban J connectivity index is 3.07. The van der Waals surface area contributed by atoms with Crippen molar-refractivity contribution in [2.45, 2.75) is 30.9 Å². The van der Waals surface area contributed by atoms with Gasteiger partial charge in [-0.25, -0.2) is 8.42 Å². The summed E-state index contributed by atoms with van der Waals surface area (Å²) in [7, 11) is -0.497. The standard InChI is InChI=1S/C14H23NO4S2/c1-11(7-8-20-4)15(2)21(17,18)13-5-6-14(19-3)12(9-13)10-16/h5-6,9,11,16H,7-8,10H2,1-4H3. The van der Waals surface area contributed by atoms with Crippen LogP contribution in [0.15, 0.2) is 23.1 Å². The van der Waals surface area contributed by atoms with E-state index in [-0.39, 0.29) is 17.5 Å². The minimum absolute atomic E-state index is 0.0814. The van der Waals surface area contributed by atoms with Crippen LogP contribution in [-0.4, -0.2) is 50.0 Å². The summed E-state index contributed by atoms with van der Waals surface area (Å²) in [6.07, 6.45) is 2.79. The summed E-state index contributed by atoms with van der Waals surface area (Å²) in [5.41, 5.74) is 0.462. The van der Waals surface area contributed by atoms with Crippen LogP contribution in [0.1, 0.15) is 18.9 Å². The fourth-order valence-electron chi connectivity index (χ4n) is 1.91. The first-order valence-corrected chi connectivity index (χ1v) is 9.46. The molecule has 120 valence electrons. The van der Waals surface area contributed by atoms with Gasteiger partial charge in [-0.2, -0.15) is 16.1 Å². The maximum atomic E-state index is 12.6. The van der Waals surface area contributed by atoms with Gasteiger partial charge in [-0.1, -0.05) is 0 Å². The number of benzene rings is 1. The van der Waals surface area contributed by atoms with Gasteiger partial charge in [0.1, 0.15) is 5.75 Å². The highest BCUT2D eigenvalue weighted by Crippen LogP contribution is 2.25. The zero-order valence-electron chi connectivity index (χ0n) is 12.9. The van der Waals surface area contributed by atoms with Gasteiger partial charge in [0.15, 0.2) is 0 Å². The molecule has 1 aromatic rings. The Labute approximate surface area is 131 Å². The largest absolute Gasteiger partial charge is 0.496 e. The second kappa shape index (κ2) is 8.03. The lowest BCUT2D eigenvalue weighted by atomic mass is 10.2. The Morgan fingerprint density at radius 3 is 2.62 bits per heavy atom. The van der Waals surface area contributed by atoms with E-state index in [1.165, 1.54) is 23.5 Å². The Kier molecular flexibility index (Phi) is 6.99. The van der Waals surface area contributed by atoms with Gasteiger partial charge in [0, 0.05) is 18.7 Å². The van der Waals surface area contributed by atoms with Crippen LogP contribution in [0.2, 0.25) is 0 Å². The van der Waals surface area contributed by atoms with E-state index in [2.05, 4.69) is 0 Å². The lowest BCUT2D eigenvalue weighted by Crippen LogP contribution is -2.35. The quantitative estimate of drug-likeness (QED) is 0.787. The van der Waals surface area contributed by atoms with Crippen molar-refractivity contribution in [2.24, 2.45) is 0 Å². The second-order valence-electron chi connectivity index (χ2n) is 4.78. The van der Waals surface area contributed by atoms with Crippen LogP contribution < -0.4 is 4.74 Å². The molecule has 7 heteroatoms. The Morgan fingerprint density at radius 1 is 1.43 bits per heavy atom. The van der Waals surface area contributed by atoms with Gasteiger partial charge in [0.25, 0.3) is 0 Å². The highest BCUT2D eigenvalue weighted by Gasteiger charge is 2.25. The molecular weight excluding hydrogens is 310 g/mol. The monoisotopic (exact) mass is 333 g/mol. The summed E-state index contributed by atoms with van der Waals surface area (Å²) in [6.45, 7) is 1.63. The van der Waals surface area contributed by atoms with Gasteiger partial charge in [0.05, 0.1) is 18.6 Å². The number of nitrogens with zero attached hydrogens (tertiary/aromatic N) is 1. The number of hydrogen-bond donors (Lipinski definition) is 1. The van der Waals surface area contributed by atoms with Crippen molar-refractivity contribution in [2.75, 3.05) is 26.2 Å². The molecule has 1 atom stereocenters. The van der Waals surface area contributed by atoms with E-state index < -0.39 is 10.0 Å². The number of thioether (sulfide) groups is 1. The molecular formula is C14H23NO4S2. The Morgan fingerprint density at radius 2 is 2.10 bits per heavy atom. The average Bonchev–Trinajstić information content (AvgIpc) is 2.50. The highest BCUT2D eigenvalue weighted by atomic mass is 32.2. The molecule has 0 aliphatic heterocycles. The summed E-state index contributed by atoms with van der Waals surface area (Å²) >= 11 is 1.69. The van der Waals surface area contributed by atoms with Crippen molar-refractivity contribution >= 4 is 21.8 Å². The zero-order chi connectivity index (χ0) is 16.0. The average molecular weight is 333 g/mol. The number of aliphatic hydroxyl groups is 1. The maximum Gasteiger partial charge on any atom is 0.243 e. The first-order chi connectivity index (χ1) is 9.88. The van der Waals surface area contributed by atoms with E-state index in [0.29, 0.717) is 11.3 Å². The topological polar surface area (TPSA) is 66.8 Å². The summed E-state index contributed by atoms with van der Waals surface area (Å²) in [6, 6.07) is 4.46. The summed E-state index contributed by atoms with van der Waals surface area (Å²) in [4.78, 5) is 0.172. The smallest absolute Gasteiger partial charge is 0.243 e. The molecule has 0 aromatic heterocycles. The van der Waals surface area contributed by atoms with E-state index in [4.69, 9.17) is 4.74 Å². The molecule has 0 bridgehead atoms. The van der Waals surface area contributed by atoms with Crippen LogP contribution in [0.3, 0.4) is 0 Å². The van der Waals surface area contributed by atoms with Gasteiger partial charge < -0.3 is 9.84 Å². The maximum absolute atomic E-state index is 12.6. The molecule has 0 amide bonds. The summed E-state index contributed by atoms with van der Waals surface area (Å²) < 4.78 is 31.7. The molecule has 0 fully saturated rings. The fraction of sp³-hybridized carbons (Fsp3) is 0.571. The number of hydrogen-bond acceptors (Lipinski definition) is 5. The van der Waals surface area contributed by atoms with Crippen molar-refractivity contribution < 1.29 is 18.3 Å². The minimum Gasteiger partial charge on any atom is -0.496 e. The molecule has 0 saturated heterocycles. The predicted octanol–water partition coefficient (Wildman–Crippen LogP) is 1.95. The third-order valence-electron chi connectivity index (χ3n) is 3.46. The van der Waals surface area contributed by atoms with E-state index in [9.17, 15) is 13.5 Å². The van der Waals surface area contributed by atoms with Gasteiger partial charge in [-0.15, -0.1) is 0 Å². The first kappa shape index (κ1) is 18.3. The van der Waals surface area contributed by atoms with Crippen LogP contribution in [-0.2, 0) is 16.6 Å². The van der Waals surface area contributed by atoms with Crippen LogP contribution in [0.4, 0.5) is 0 Å². The van der Waals surface area contributed by atoms with E-state index >= 15 is 0 Å². The predicted molar refractivity (Wildman–Crippen MR) is 86.3 cm³/mol. The Bertz CT molecular complexity index is 560. The molecule has 5 nitrogen and oxygen atoms in total. The van der Waals surface area contributed by atoms with Crippen molar-refractivity contribution in [1.82, 2.24) is 4.31 Å². The van der Waals surface area contributed by atoms with Crippen molar-refractivity contribution in [3.8, 4) is 5.75 Å². The normalized spacial score (nSPS) is 13.4. The second-order valence-corrected chi connectivity index (χ2v) is 7.77. The fourth-order valence-corrected chi connectivity index (χ4v) is 3.93. The van der Waals surface area contributed by atoms with Crippen LogP contribution in [0.25, 0.3) is 0 Å². The van der Waals surface area contributed by atoms with Gasteiger partial charge in [-0.3, -0.25) is 0 Å². The number of rotatable bonds is 8. The van der Waals surface area contributed by atoms with Crippen molar-refractivity contribution in [3.05, 3.63) is 23.8 Å². The third kappa shape index (κ3) is 4.35. The van der Waals surface area contributed by atoms with Crippen molar-refractivity contribution in [1.29, 1.82) is 0 Å². The SMILES string of the molecule is COc1ccc(S(=O)(=O)N(C)C(C)CCSC)cc1CO. The third-order valence-corrected chi connectivity index (χ3v) is 6.07. The molecule has 0 radical (unpaired) electrons. The molecule has 0 saturated carbocycles. The molecule has 1 N–H and O–H groups in total. The molecule has 21 heavy (non-hydrogen) atoms. The number of methoxy groups -OCH3 is 1. The molecule has 1 rings (SSSR count). The molecule has 0 aliphatic rings. The number of aliphatic hydroxyl groups excluding tert-OH is 1. The lowest BCUT2D eigenvalue weighted by Gasteiger charge is -2.24. The number of sulfonamides is 1. The molecule has 0 aliphatic carbocycles. The molecule has 0 spiro atoms. The van der Waals surface area contributed by atoms with E-state index in [0.717, 1.165) is 12.2 Å². The Hall–Kier alpha value is -0.760. The summed E-state index contributed by atoms with van der Waals surface area (Å²) in [5.74, 6) is 1.39. The van der Waals surface area contributed by atoms with Gasteiger partial charge >= 0.3 is 0 Å². The first-order valence-electron chi connectivity index (χ1n) is 6.63. The summed E-state index contributed by atoms with van der Waals surface area (Å²) in [5, 5.41) is 9.31. The van der Waals surface area contributed by atoms with E-state index in [1.54, 1.807) is 24.9 Å². The van der Waals surface area contributed by atoms with Crippen LogP contribution >= 0.6 is 11.8 Å². The zero-order valence-corrected chi connectivity index (χ0v) is 14.5. The highest BCUT2D eigenvalue weighted by molar-refractivity contribution is 7.98. The lowest BCUT2D eigenvalue weighted by molar-refractivity contribution is 0.273. The van der Waals surface area contributed by atoms with E-state index in [1.807, 2.05) is 13.2 Å². The van der Waals surface area contributed by atoms with Gasteiger partial charge in [0.2, 0.25) is 10.0 Å². The van der Waals surface area contributed by atoms with Gasteiger partial charge in [-0.05, 0) is 43.6 Å². The molecule has 1 aromatic carbocycles. The van der Waals surface area contributed by atoms with Crippen LogP contribution in [0, 0.1) is 0 Å². The number of ether oxygens (including phenoxy) is 1. The van der Waals surface area contributed by atoms with Crippen molar-refractivity contribution in [3.63, 3.8) is 0 Å². The van der Waals surface area contributed by atoms with Crippen LogP contribution in [0.5, 0.6) is 5.75 Å².